The summed E-state index contributed by atoms with van der Waals surface area (Å²) in [6.07, 6.45) is 71.7. The number of carbonyl (C=O) groups excluding carboxylic acids is 3. The van der Waals surface area contributed by atoms with Gasteiger partial charge in [0.05, 0.1) is 0 Å². The fraction of sp³-hybridized carbons (Fsp3) is 0.758. The highest BCUT2D eigenvalue weighted by molar-refractivity contribution is 5.71. The molecule has 0 amide bonds. The predicted octanol–water partition coefficient (Wildman–Crippen LogP) is 19.4. The zero-order valence-electron chi connectivity index (χ0n) is 44.9. The SMILES string of the molecule is CC/C=C\C/C=C\C/C=C\C/C=C\CCCCCCCCC(=O)OCC(COC(=O)CCCCCCCCCCCCCC)OC(=O)CCCCCCCCCCC/C=C\C/C=C\CCCCC. The van der Waals surface area contributed by atoms with Crippen LogP contribution in [0.25, 0.3) is 0 Å². The van der Waals surface area contributed by atoms with Gasteiger partial charge in [0.25, 0.3) is 0 Å². The molecule has 6 heteroatoms. The molecule has 0 aliphatic rings. The van der Waals surface area contributed by atoms with Gasteiger partial charge in [-0.1, -0.05) is 248 Å². The molecule has 6 nitrogen and oxygen atoms in total. The normalized spacial score (nSPS) is 12.6. The molecule has 0 heterocycles. The molecule has 1 atom stereocenters. The molecule has 0 aromatic rings. The third-order valence-corrected chi connectivity index (χ3v) is 12.4. The lowest BCUT2D eigenvalue weighted by Gasteiger charge is -2.18. The van der Waals surface area contributed by atoms with Crippen molar-refractivity contribution < 1.29 is 28.6 Å². The molecule has 0 radical (unpaired) electrons. The lowest BCUT2D eigenvalue weighted by atomic mass is 10.0. The van der Waals surface area contributed by atoms with E-state index in [9.17, 15) is 14.4 Å². The van der Waals surface area contributed by atoms with Crippen LogP contribution in [-0.2, 0) is 28.6 Å². The van der Waals surface area contributed by atoms with E-state index in [4.69, 9.17) is 14.2 Å². The second-order valence-electron chi connectivity index (χ2n) is 19.2. The summed E-state index contributed by atoms with van der Waals surface area (Å²) in [5, 5.41) is 0. The van der Waals surface area contributed by atoms with Crippen LogP contribution < -0.4 is 0 Å². The van der Waals surface area contributed by atoms with Gasteiger partial charge in [0.2, 0.25) is 0 Å². The van der Waals surface area contributed by atoms with Gasteiger partial charge < -0.3 is 14.2 Å². The summed E-state index contributed by atoms with van der Waals surface area (Å²) in [6, 6.07) is 0. The Balaban J connectivity index is 4.37. The molecule has 0 N–H and O–H groups in total. The van der Waals surface area contributed by atoms with E-state index < -0.39 is 6.10 Å². The number of rotatable bonds is 52. The molecule has 68 heavy (non-hydrogen) atoms. The smallest absolute Gasteiger partial charge is 0.306 e. The topological polar surface area (TPSA) is 78.9 Å². The van der Waals surface area contributed by atoms with E-state index in [0.717, 1.165) is 96.3 Å². The van der Waals surface area contributed by atoms with E-state index in [2.05, 4.69) is 93.7 Å². The Morgan fingerprint density at radius 1 is 0.309 bits per heavy atom. The first-order chi connectivity index (χ1) is 33.5. The van der Waals surface area contributed by atoms with Crippen molar-refractivity contribution in [3.8, 4) is 0 Å². The Hall–Kier alpha value is -3.15. The number of esters is 3. The summed E-state index contributed by atoms with van der Waals surface area (Å²) in [5.74, 6) is -0.889. The van der Waals surface area contributed by atoms with Crippen molar-refractivity contribution >= 4 is 17.9 Å². The van der Waals surface area contributed by atoms with Gasteiger partial charge in [0, 0.05) is 19.3 Å². The maximum absolute atomic E-state index is 12.9. The molecule has 0 aliphatic carbocycles. The molecule has 0 rings (SSSR count). The molecular formula is C62H108O6. The maximum atomic E-state index is 12.9. The Bertz CT molecular complexity index is 1270. The summed E-state index contributed by atoms with van der Waals surface area (Å²) < 4.78 is 16.9. The first-order valence-corrected chi connectivity index (χ1v) is 28.9. The largest absolute Gasteiger partial charge is 0.462 e. The van der Waals surface area contributed by atoms with Gasteiger partial charge in [-0.2, -0.15) is 0 Å². The summed E-state index contributed by atoms with van der Waals surface area (Å²) in [5.41, 5.74) is 0. The van der Waals surface area contributed by atoms with Crippen molar-refractivity contribution in [2.24, 2.45) is 0 Å². The van der Waals surface area contributed by atoms with Crippen molar-refractivity contribution in [3.05, 3.63) is 72.9 Å². The van der Waals surface area contributed by atoms with Gasteiger partial charge in [-0.05, 0) is 89.9 Å². The second kappa shape index (κ2) is 56.4. The van der Waals surface area contributed by atoms with Crippen LogP contribution in [0.5, 0.6) is 0 Å². The number of carbonyl (C=O) groups is 3. The molecule has 0 saturated heterocycles. The van der Waals surface area contributed by atoms with Crippen molar-refractivity contribution in [1.82, 2.24) is 0 Å². The zero-order valence-corrected chi connectivity index (χ0v) is 44.9. The summed E-state index contributed by atoms with van der Waals surface area (Å²) >= 11 is 0. The van der Waals surface area contributed by atoms with Crippen molar-refractivity contribution in [2.75, 3.05) is 13.2 Å². The van der Waals surface area contributed by atoms with Crippen LogP contribution in [-0.4, -0.2) is 37.2 Å². The number of allylic oxidation sites excluding steroid dienone is 12. The number of ether oxygens (including phenoxy) is 3. The number of unbranched alkanes of at least 4 members (excludes halogenated alkanes) is 29. The highest BCUT2D eigenvalue weighted by Crippen LogP contribution is 2.16. The average Bonchev–Trinajstić information content (AvgIpc) is 3.34. The first-order valence-electron chi connectivity index (χ1n) is 28.9. The summed E-state index contributed by atoms with van der Waals surface area (Å²) in [4.78, 5) is 38.1. The average molecular weight is 950 g/mol. The lowest BCUT2D eigenvalue weighted by molar-refractivity contribution is -0.167. The molecule has 0 aromatic carbocycles. The van der Waals surface area contributed by atoms with Crippen molar-refractivity contribution in [3.63, 3.8) is 0 Å². The fourth-order valence-corrected chi connectivity index (χ4v) is 8.11. The third kappa shape index (κ3) is 53.8. The second-order valence-corrected chi connectivity index (χ2v) is 19.2. The maximum Gasteiger partial charge on any atom is 0.306 e. The van der Waals surface area contributed by atoms with E-state index in [1.54, 1.807) is 0 Å². The van der Waals surface area contributed by atoms with E-state index in [1.165, 1.54) is 148 Å². The minimum absolute atomic E-state index is 0.0795. The molecule has 0 aliphatic heterocycles. The van der Waals surface area contributed by atoms with Gasteiger partial charge in [0.1, 0.15) is 13.2 Å². The van der Waals surface area contributed by atoms with E-state index in [0.29, 0.717) is 19.3 Å². The molecule has 392 valence electrons. The van der Waals surface area contributed by atoms with Crippen LogP contribution >= 0.6 is 0 Å². The molecule has 0 fully saturated rings. The highest BCUT2D eigenvalue weighted by atomic mass is 16.6. The quantitative estimate of drug-likeness (QED) is 0.0262. The molecule has 0 saturated carbocycles. The van der Waals surface area contributed by atoms with Gasteiger partial charge in [-0.3, -0.25) is 14.4 Å². The van der Waals surface area contributed by atoms with Gasteiger partial charge in [0.15, 0.2) is 6.10 Å². The Labute approximate surface area is 421 Å². The van der Waals surface area contributed by atoms with Crippen LogP contribution in [0.3, 0.4) is 0 Å². The number of hydrogen-bond acceptors (Lipinski definition) is 6. The zero-order chi connectivity index (χ0) is 49.3. The lowest BCUT2D eigenvalue weighted by Crippen LogP contribution is -2.30. The standard InChI is InChI=1S/C62H108O6/c1-4-7-10-13-16-19-22-25-27-29-31-33-35-37-40-43-46-49-52-55-61(64)67-58-59(57-66-60(63)54-51-48-45-42-39-24-21-18-15-12-9-6-3)68-62(65)56-53-50-47-44-41-38-36-34-32-30-28-26-23-20-17-14-11-8-5-2/h7,10,16-17,19-20,25-28,31,33,59H,4-6,8-9,11-15,18,21-24,29-30,32,34-58H2,1-3H3/b10-7-,19-16-,20-17-,27-25-,28-26-,33-31-. The minimum Gasteiger partial charge on any atom is -0.462 e. The summed E-state index contributed by atoms with van der Waals surface area (Å²) in [6.45, 7) is 6.51. The first kappa shape index (κ1) is 64.8. The molecule has 0 spiro atoms. The van der Waals surface area contributed by atoms with Gasteiger partial charge in [-0.25, -0.2) is 0 Å². The Morgan fingerprint density at radius 3 is 0.926 bits per heavy atom. The van der Waals surface area contributed by atoms with Crippen LogP contribution in [0.4, 0.5) is 0 Å². The predicted molar refractivity (Wildman–Crippen MR) is 293 cm³/mol. The van der Waals surface area contributed by atoms with Gasteiger partial charge >= 0.3 is 17.9 Å². The fourth-order valence-electron chi connectivity index (χ4n) is 8.11. The van der Waals surface area contributed by atoms with Crippen LogP contribution in [0.15, 0.2) is 72.9 Å². The highest BCUT2D eigenvalue weighted by Gasteiger charge is 2.19. The molecular weight excluding hydrogens is 841 g/mol. The minimum atomic E-state index is -0.782. The Morgan fingerprint density at radius 2 is 0.574 bits per heavy atom. The molecule has 0 aromatic heterocycles. The van der Waals surface area contributed by atoms with Gasteiger partial charge in [-0.15, -0.1) is 0 Å². The van der Waals surface area contributed by atoms with Crippen LogP contribution in [0.1, 0.15) is 284 Å². The number of hydrogen-bond donors (Lipinski definition) is 0. The van der Waals surface area contributed by atoms with E-state index >= 15 is 0 Å². The molecule has 1 unspecified atom stereocenters. The summed E-state index contributed by atoms with van der Waals surface area (Å²) in [7, 11) is 0. The van der Waals surface area contributed by atoms with E-state index in [-0.39, 0.29) is 31.1 Å². The van der Waals surface area contributed by atoms with Crippen molar-refractivity contribution in [2.45, 2.75) is 290 Å². The monoisotopic (exact) mass is 949 g/mol. The third-order valence-electron chi connectivity index (χ3n) is 12.4. The van der Waals surface area contributed by atoms with Crippen LogP contribution in [0, 0.1) is 0 Å². The molecule has 0 bridgehead atoms. The Kier molecular flexibility index (Phi) is 53.8. The van der Waals surface area contributed by atoms with E-state index in [1.807, 2.05) is 0 Å². The van der Waals surface area contributed by atoms with Crippen LogP contribution in [0.2, 0.25) is 0 Å². The van der Waals surface area contributed by atoms with Crippen molar-refractivity contribution in [1.29, 1.82) is 0 Å².